The van der Waals surface area contributed by atoms with Crippen LogP contribution in [0.4, 0.5) is 0 Å². The van der Waals surface area contributed by atoms with Gasteiger partial charge in [-0.1, -0.05) is 60.7 Å². The first-order valence-electron chi connectivity index (χ1n) is 10.5. The summed E-state index contributed by atoms with van der Waals surface area (Å²) in [4.78, 5) is 13.5. The molecule has 0 bridgehead atoms. The van der Waals surface area contributed by atoms with Gasteiger partial charge in [-0.25, -0.2) is 0 Å². The molecule has 0 radical (unpaired) electrons. The molecule has 1 amide bonds. The van der Waals surface area contributed by atoms with Crippen molar-refractivity contribution in [3.8, 4) is 11.5 Å². The van der Waals surface area contributed by atoms with E-state index in [9.17, 15) is 4.79 Å². The molecule has 0 spiro atoms. The summed E-state index contributed by atoms with van der Waals surface area (Å²) >= 11 is 0. The Balaban J connectivity index is 1.53. The van der Waals surface area contributed by atoms with Gasteiger partial charge in [-0.15, -0.1) is 0 Å². The van der Waals surface area contributed by atoms with Crippen LogP contribution in [0.1, 0.15) is 29.7 Å². The molecule has 0 aromatic heterocycles. The van der Waals surface area contributed by atoms with E-state index >= 15 is 0 Å². The normalized spacial score (nSPS) is 12.6. The highest BCUT2D eigenvalue weighted by Crippen LogP contribution is 2.28. The molecule has 3 aromatic rings. The van der Waals surface area contributed by atoms with E-state index in [2.05, 4.69) is 5.32 Å². The van der Waals surface area contributed by atoms with Gasteiger partial charge in [-0.05, 0) is 36.2 Å². The highest BCUT2D eigenvalue weighted by molar-refractivity contribution is 5.77. The van der Waals surface area contributed by atoms with Crippen molar-refractivity contribution in [3.63, 3.8) is 0 Å². The lowest BCUT2D eigenvalue weighted by molar-refractivity contribution is -0.885. The van der Waals surface area contributed by atoms with Crippen LogP contribution in [-0.4, -0.2) is 26.6 Å². The predicted octanol–water partition coefficient (Wildman–Crippen LogP) is 3.17. The average Bonchev–Trinajstić information content (AvgIpc) is 2.79. The first-order valence-corrected chi connectivity index (χ1v) is 10.5. The SMILES string of the molecule is COc1cc(C[NH+](C)CC(=O)N[C@H](C)c2ccccc2)ccc1OCc1ccccc1. The minimum absolute atomic E-state index is 0.0114. The van der Waals surface area contributed by atoms with E-state index < -0.39 is 0 Å². The minimum atomic E-state index is -0.0114. The molecule has 3 rings (SSSR count). The van der Waals surface area contributed by atoms with Crippen molar-refractivity contribution in [2.24, 2.45) is 0 Å². The molecule has 0 saturated carbocycles. The van der Waals surface area contributed by atoms with Crippen molar-refractivity contribution in [2.45, 2.75) is 26.1 Å². The van der Waals surface area contributed by atoms with Gasteiger partial charge in [0, 0.05) is 5.56 Å². The van der Waals surface area contributed by atoms with Crippen LogP contribution in [0.25, 0.3) is 0 Å². The fourth-order valence-electron chi connectivity index (χ4n) is 3.48. The topological polar surface area (TPSA) is 52.0 Å². The van der Waals surface area contributed by atoms with Crippen LogP contribution >= 0.6 is 0 Å². The molecule has 0 aliphatic rings. The molecular weight excluding hydrogens is 388 g/mol. The van der Waals surface area contributed by atoms with Crippen LogP contribution < -0.4 is 19.7 Å². The molecule has 2 atom stereocenters. The summed E-state index contributed by atoms with van der Waals surface area (Å²) in [6, 6.07) is 25.9. The van der Waals surface area contributed by atoms with Crippen LogP contribution in [0.2, 0.25) is 0 Å². The molecule has 0 aliphatic carbocycles. The van der Waals surface area contributed by atoms with Gasteiger partial charge in [0.05, 0.1) is 20.2 Å². The molecule has 0 saturated heterocycles. The zero-order valence-corrected chi connectivity index (χ0v) is 18.4. The molecule has 1 unspecified atom stereocenters. The third-order valence-electron chi connectivity index (χ3n) is 5.11. The number of carbonyl (C=O) groups is 1. The number of carbonyl (C=O) groups excluding carboxylic acids is 1. The zero-order chi connectivity index (χ0) is 22.1. The minimum Gasteiger partial charge on any atom is -0.493 e. The zero-order valence-electron chi connectivity index (χ0n) is 18.4. The van der Waals surface area contributed by atoms with Gasteiger partial charge in [-0.2, -0.15) is 0 Å². The van der Waals surface area contributed by atoms with E-state index in [0.717, 1.165) is 21.6 Å². The summed E-state index contributed by atoms with van der Waals surface area (Å²) in [5.74, 6) is 1.44. The average molecular weight is 420 g/mol. The molecule has 0 fully saturated rings. The largest absolute Gasteiger partial charge is 0.493 e. The second kappa shape index (κ2) is 11.2. The number of benzene rings is 3. The van der Waals surface area contributed by atoms with Crippen LogP contribution in [0.15, 0.2) is 78.9 Å². The molecule has 0 aliphatic heterocycles. The van der Waals surface area contributed by atoms with Gasteiger partial charge < -0.3 is 19.7 Å². The number of methoxy groups -OCH3 is 1. The second-order valence-corrected chi connectivity index (χ2v) is 7.77. The second-order valence-electron chi connectivity index (χ2n) is 7.77. The monoisotopic (exact) mass is 419 g/mol. The Labute approximate surface area is 184 Å². The third kappa shape index (κ3) is 6.86. The maximum atomic E-state index is 12.4. The number of ether oxygens (including phenoxy) is 2. The lowest BCUT2D eigenvalue weighted by Crippen LogP contribution is -3.08. The fourth-order valence-corrected chi connectivity index (χ4v) is 3.48. The lowest BCUT2D eigenvalue weighted by atomic mass is 10.1. The van der Waals surface area contributed by atoms with E-state index in [-0.39, 0.29) is 11.9 Å². The third-order valence-corrected chi connectivity index (χ3v) is 5.11. The molecule has 162 valence electrons. The van der Waals surface area contributed by atoms with Crippen molar-refractivity contribution >= 4 is 5.91 Å². The van der Waals surface area contributed by atoms with Gasteiger partial charge in [-0.3, -0.25) is 4.79 Å². The number of hydrogen-bond donors (Lipinski definition) is 2. The Kier molecular flexibility index (Phi) is 8.07. The quantitative estimate of drug-likeness (QED) is 0.531. The number of amides is 1. The van der Waals surface area contributed by atoms with Crippen molar-refractivity contribution in [3.05, 3.63) is 95.6 Å². The standard InChI is InChI=1S/C26H30N2O3/c1-20(23-12-8-5-9-13-23)27-26(29)18-28(2)17-22-14-15-24(25(16-22)30-3)31-19-21-10-6-4-7-11-21/h4-16,20H,17-19H2,1-3H3,(H,27,29)/p+1/t20-/m1/s1. The molecular formula is C26H31N2O3+. The Hall–Kier alpha value is -3.31. The van der Waals surface area contributed by atoms with E-state index in [1.165, 1.54) is 0 Å². The van der Waals surface area contributed by atoms with Gasteiger partial charge in [0.15, 0.2) is 18.0 Å². The Bertz CT molecular complexity index is 961. The van der Waals surface area contributed by atoms with E-state index in [1.54, 1.807) is 7.11 Å². The molecule has 0 heterocycles. The summed E-state index contributed by atoms with van der Waals surface area (Å²) in [6.07, 6.45) is 0. The maximum absolute atomic E-state index is 12.4. The maximum Gasteiger partial charge on any atom is 0.275 e. The van der Waals surface area contributed by atoms with Gasteiger partial charge >= 0.3 is 0 Å². The van der Waals surface area contributed by atoms with Gasteiger partial charge in [0.1, 0.15) is 13.2 Å². The number of quaternary nitrogens is 1. The smallest absolute Gasteiger partial charge is 0.275 e. The van der Waals surface area contributed by atoms with Crippen LogP contribution in [0.5, 0.6) is 11.5 Å². The van der Waals surface area contributed by atoms with E-state index in [0.29, 0.717) is 31.2 Å². The highest BCUT2D eigenvalue weighted by Gasteiger charge is 2.15. The van der Waals surface area contributed by atoms with Gasteiger partial charge in [0.25, 0.3) is 5.91 Å². The first-order chi connectivity index (χ1) is 15.0. The summed E-state index contributed by atoms with van der Waals surface area (Å²) in [7, 11) is 3.66. The first kappa shape index (κ1) is 22.4. The Morgan fingerprint density at radius 1 is 0.935 bits per heavy atom. The van der Waals surface area contributed by atoms with Crippen molar-refractivity contribution in [1.29, 1.82) is 0 Å². The number of hydrogen-bond acceptors (Lipinski definition) is 3. The van der Waals surface area contributed by atoms with E-state index in [1.807, 2.05) is 92.8 Å². The summed E-state index contributed by atoms with van der Waals surface area (Å²) in [5.41, 5.74) is 3.29. The summed E-state index contributed by atoms with van der Waals surface area (Å²) in [6.45, 7) is 3.59. The van der Waals surface area contributed by atoms with Gasteiger partial charge in [0.2, 0.25) is 0 Å². The van der Waals surface area contributed by atoms with Crippen LogP contribution in [0.3, 0.4) is 0 Å². The lowest BCUT2D eigenvalue weighted by Gasteiger charge is -2.18. The highest BCUT2D eigenvalue weighted by atomic mass is 16.5. The van der Waals surface area contributed by atoms with Crippen molar-refractivity contribution in [2.75, 3.05) is 20.7 Å². The van der Waals surface area contributed by atoms with E-state index in [4.69, 9.17) is 9.47 Å². The Morgan fingerprint density at radius 2 is 1.61 bits per heavy atom. The molecule has 2 N–H and O–H groups in total. The predicted molar refractivity (Wildman–Crippen MR) is 122 cm³/mol. The summed E-state index contributed by atoms with van der Waals surface area (Å²) < 4.78 is 11.5. The van der Waals surface area contributed by atoms with Crippen molar-refractivity contribution in [1.82, 2.24) is 5.32 Å². The molecule has 5 heteroatoms. The van der Waals surface area contributed by atoms with Crippen molar-refractivity contribution < 1.29 is 19.2 Å². The molecule has 3 aromatic carbocycles. The van der Waals surface area contributed by atoms with Crippen LogP contribution in [-0.2, 0) is 17.9 Å². The summed E-state index contributed by atoms with van der Waals surface area (Å²) in [5, 5.41) is 3.07. The fraction of sp³-hybridized carbons (Fsp3) is 0.269. The molecule has 5 nitrogen and oxygen atoms in total. The number of nitrogens with one attached hydrogen (secondary N) is 2. The Morgan fingerprint density at radius 3 is 2.29 bits per heavy atom. The number of likely N-dealkylation sites (N-methyl/N-ethyl adjacent to an activating group) is 1. The number of rotatable bonds is 10. The van der Waals surface area contributed by atoms with Crippen LogP contribution in [0, 0.1) is 0 Å². The molecule has 31 heavy (non-hydrogen) atoms.